The van der Waals surface area contributed by atoms with E-state index in [-0.39, 0.29) is 5.91 Å². The number of ether oxygens (including phenoxy) is 2. The molecule has 0 aliphatic rings. The van der Waals surface area contributed by atoms with Crippen molar-refractivity contribution in [1.82, 2.24) is 14.3 Å². The highest BCUT2D eigenvalue weighted by Crippen LogP contribution is 2.31. The maximum absolute atomic E-state index is 13.0. The van der Waals surface area contributed by atoms with Crippen LogP contribution in [0.3, 0.4) is 0 Å². The van der Waals surface area contributed by atoms with Crippen molar-refractivity contribution in [2.75, 3.05) is 32.6 Å². The number of aromatic nitrogens is 2. The average molecular weight is 382 g/mol. The van der Waals surface area contributed by atoms with Crippen LogP contribution in [0.2, 0.25) is 0 Å². The lowest BCUT2D eigenvalue weighted by atomic mass is 10.2. The maximum atomic E-state index is 13.0. The molecular formula is C21H26N4O3. The summed E-state index contributed by atoms with van der Waals surface area (Å²) in [7, 11) is 3.93. The number of nitrogens with zero attached hydrogens (tertiary/aromatic N) is 3. The Hall–Kier alpha value is -3.06. The van der Waals surface area contributed by atoms with Gasteiger partial charge in [-0.15, -0.1) is 0 Å². The van der Waals surface area contributed by atoms with E-state index in [1.54, 1.807) is 18.2 Å². The van der Waals surface area contributed by atoms with Crippen molar-refractivity contribution in [3.05, 3.63) is 54.0 Å². The number of imidazole rings is 1. The Labute approximate surface area is 164 Å². The van der Waals surface area contributed by atoms with E-state index in [2.05, 4.69) is 10.3 Å². The van der Waals surface area contributed by atoms with Crippen molar-refractivity contribution in [2.24, 2.45) is 0 Å². The van der Waals surface area contributed by atoms with Gasteiger partial charge in [0.2, 0.25) is 0 Å². The summed E-state index contributed by atoms with van der Waals surface area (Å²) in [5, 5.41) is 2.93. The van der Waals surface area contributed by atoms with E-state index in [0.29, 0.717) is 42.6 Å². The topological polar surface area (TPSA) is 68.1 Å². The fraction of sp³-hybridized carbons (Fsp3) is 0.333. The molecule has 2 aromatic heterocycles. The molecule has 3 rings (SSSR count). The lowest BCUT2D eigenvalue weighted by molar-refractivity contribution is 0.102. The summed E-state index contributed by atoms with van der Waals surface area (Å²) in [4.78, 5) is 19.5. The fourth-order valence-electron chi connectivity index (χ4n) is 3.00. The molecular weight excluding hydrogens is 356 g/mol. The van der Waals surface area contributed by atoms with Crippen LogP contribution >= 0.6 is 0 Å². The van der Waals surface area contributed by atoms with Gasteiger partial charge in [0, 0.05) is 24.5 Å². The van der Waals surface area contributed by atoms with E-state index < -0.39 is 0 Å². The zero-order valence-corrected chi connectivity index (χ0v) is 16.7. The highest BCUT2D eigenvalue weighted by Gasteiger charge is 2.20. The molecule has 28 heavy (non-hydrogen) atoms. The minimum Gasteiger partial charge on any atom is -0.490 e. The van der Waals surface area contributed by atoms with Crippen molar-refractivity contribution in [3.63, 3.8) is 0 Å². The molecule has 0 fully saturated rings. The predicted octanol–water partition coefficient (Wildman–Crippen LogP) is 3.45. The third kappa shape index (κ3) is 4.26. The molecule has 1 aromatic carbocycles. The number of carbonyl (C=O) groups is 1. The molecule has 148 valence electrons. The maximum Gasteiger partial charge on any atom is 0.276 e. The smallest absolute Gasteiger partial charge is 0.276 e. The minimum absolute atomic E-state index is 0.257. The van der Waals surface area contributed by atoms with Crippen LogP contribution in [0.15, 0.2) is 42.6 Å². The van der Waals surface area contributed by atoms with Gasteiger partial charge in [0.25, 0.3) is 5.91 Å². The highest BCUT2D eigenvalue weighted by atomic mass is 16.5. The van der Waals surface area contributed by atoms with Crippen LogP contribution in [0.4, 0.5) is 5.69 Å². The number of fused-ring (bicyclic) bond motifs is 1. The molecule has 0 saturated carbocycles. The summed E-state index contributed by atoms with van der Waals surface area (Å²) in [6.07, 6.45) is 1.92. The Morgan fingerprint density at radius 3 is 2.57 bits per heavy atom. The van der Waals surface area contributed by atoms with Gasteiger partial charge in [-0.2, -0.15) is 0 Å². The van der Waals surface area contributed by atoms with Crippen LogP contribution in [0.1, 0.15) is 30.0 Å². The Balaban J connectivity index is 1.91. The molecule has 0 unspecified atom stereocenters. The van der Waals surface area contributed by atoms with E-state index in [1.807, 2.05) is 61.6 Å². The van der Waals surface area contributed by atoms with Crippen molar-refractivity contribution in [3.8, 4) is 11.5 Å². The number of rotatable bonds is 8. The molecule has 1 amide bonds. The summed E-state index contributed by atoms with van der Waals surface area (Å²) in [5.41, 5.74) is 2.62. The summed E-state index contributed by atoms with van der Waals surface area (Å²) in [6.45, 7) is 5.48. The molecule has 0 aliphatic carbocycles. The van der Waals surface area contributed by atoms with Crippen LogP contribution in [0, 0.1) is 0 Å². The summed E-state index contributed by atoms with van der Waals surface area (Å²) in [5.74, 6) is 1.00. The Bertz CT molecular complexity index is 965. The van der Waals surface area contributed by atoms with E-state index in [9.17, 15) is 4.79 Å². The number of amides is 1. The van der Waals surface area contributed by atoms with Crippen molar-refractivity contribution in [2.45, 2.75) is 20.4 Å². The average Bonchev–Trinajstić information content (AvgIpc) is 3.02. The van der Waals surface area contributed by atoms with Crippen molar-refractivity contribution >= 4 is 17.2 Å². The second-order valence-corrected chi connectivity index (χ2v) is 6.56. The number of pyridine rings is 1. The van der Waals surface area contributed by atoms with Gasteiger partial charge >= 0.3 is 0 Å². The molecule has 3 aromatic rings. The second kappa shape index (κ2) is 8.75. The van der Waals surface area contributed by atoms with Gasteiger partial charge in [-0.1, -0.05) is 6.07 Å². The number of hydrogen-bond donors (Lipinski definition) is 1. The molecule has 0 saturated heterocycles. The quantitative estimate of drug-likeness (QED) is 0.646. The van der Waals surface area contributed by atoms with E-state index in [1.165, 1.54) is 0 Å². The number of nitrogens with one attached hydrogen (secondary N) is 1. The van der Waals surface area contributed by atoms with Crippen LogP contribution in [0.5, 0.6) is 11.5 Å². The largest absolute Gasteiger partial charge is 0.490 e. The Morgan fingerprint density at radius 2 is 1.86 bits per heavy atom. The third-order valence-electron chi connectivity index (χ3n) is 4.11. The monoisotopic (exact) mass is 382 g/mol. The first kappa shape index (κ1) is 19.7. The molecule has 0 spiro atoms. The molecule has 0 bridgehead atoms. The summed E-state index contributed by atoms with van der Waals surface area (Å²) >= 11 is 0. The van der Waals surface area contributed by atoms with Gasteiger partial charge in [0.15, 0.2) is 17.2 Å². The van der Waals surface area contributed by atoms with Crippen LogP contribution in [-0.4, -0.2) is 47.5 Å². The molecule has 0 aliphatic heterocycles. The second-order valence-electron chi connectivity index (χ2n) is 6.56. The van der Waals surface area contributed by atoms with E-state index >= 15 is 0 Å². The van der Waals surface area contributed by atoms with Gasteiger partial charge in [0.05, 0.1) is 18.9 Å². The van der Waals surface area contributed by atoms with Crippen LogP contribution in [0.25, 0.3) is 5.65 Å². The SMILES string of the molecule is CCOc1ccc(NC(=O)c2nc3ccccn3c2CN(C)C)cc1OCC. The van der Waals surface area contributed by atoms with Gasteiger partial charge in [-0.3, -0.25) is 4.79 Å². The Kier molecular flexibility index (Phi) is 6.16. The number of carbonyl (C=O) groups excluding carboxylic acids is 1. The molecule has 0 radical (unpaired) electrons. The standard InChI is InChI=1S/C21H26N4O3/c1-5-27-17-11-10-15(13-18(17)28-6-2)22-21(26)20-16(14-24(3)4)25-12-8-7-9-19(25)23-20/h7-13H,5-6,14H2,1-4H3,(H,22,26). The first-order chi connectivity index (χ1) is 13.5. The van der Waals surface area contributed by atoms with Crippen LogP contribution in [-0.2, 0) is 6.54 Å². The lowest BCUT2D eigenvalue weighted by Crippen LogP contribution is -2.19. The Morgan fingerprint density at radius 1 is 1.11 bits per heavy atom. The fourth-order valence-corrected chi connectivity index (χ4v) is 3.00. The number of benzene rings is 1. The molecule has 0 atom stereocenters. The van der Waals surface area contributed by atoms with Crippen LogP contribution < -0.4 is 14.8 Å². The number of hydrogen-bond acceptors (Lipinski definition) is 5. The summed E-state index contributed by atoms with van der Waals surface area (Å²) < 4.78 is 13.2. The first-order valence-electron chi connectivity index (χ1n) is 9.35. The first-order valence-corrected chi connectivity index (χ1v) is 9.35. The lowest BCUT2D eigenvalue weighted by Gasteiger charge is -2.14. The predicted molar refractivity (Wildman–Crippen MR) is 109 cm³/mol. The number of anilines is 1. The molecule has 7 heteroatoms. The minimum atomic E-state index is -0.257. The van der Waals surface area contributed by atoms with Gasteiger partial charge in [0.1, 0.15) is 5.65 Å². The molecule has 2 heterocycles. The van der Waals surface area contributed by atoms with E-state index in [4.69, 9.17) is 9.47 Å². The molecule has 7 nitrogen and oxygen atoms in total. The zero-order valence-electron chi connectivity index (χ0n) is 16.7. The van der Waals surface area contributed by atoms with E-state index in [0.717, 1.165) is 11.3 Å². The zero-order chi connectivity index (χ0) is 20.1. The van der Waals surface area contributed by atoms with Gasteiger partial charge < -0.3 is 24.1 Å². The summed E-state index contributed by atoms with van der Waals surface area (Å²) in [6, 6.07) is 11.1. The third-order valence-corrected chi connectivity index (χ3v) is 4.11. The van der Waals surface area contributed by atoms with Crippen molar-refractivity contribution in [1.29, 1.82) is 0 Å². The molecule has 1 N–H and O–H groups in total. The van der Waals surface area contributed by atoms with Crippen molar-refractivity contribution < 1.29 is 14.3 Å². The highest BCUT2D eigenvalue weighted by molar-refractivity contribution is 6.04. The van der Waals surface area contributed by atoms with Gasteiger partial charge in [-0.05, 0) is 52.2 Å². The normalized spacial score (nSPS) is 11.0. The van der Waals surface area contributed by atoms with Gasteiger partial charge in [-0.25, -0.2) is 4.98 Å².